The van der Waals surface area contributed by atoms with Gasteiger partial charge in [0.25, 0.3) is 5.91 Å². The second-order valence-electron chi connectivity index (χ2n) is 3.86. The summed E-state index contributed by atoms with van der Waals surface area (Å²) in [6.45, 7) is 5.24. The van der Waals surface area contributed by atoms with E-state index in [1.807, 2.05) is 12.1 Å². The first-order valence-corrected chi connectivity index (χ1v) is 6.30. The average molecular weight is 268 g/mol. The van der Waals surface area contributed by atoms with Crippen LogP contribution in [0, 0.1) is 0 Å². The van der Waals surface area contributed by atoms with Gasteiger partial charge in [-0.05, 0) is 17.7 Å². The minimum absolute atomic E-state index is 0.0203. The van der Waals surface area contributed by atoms with Crippen LogP contribution < -0.4 is 0 Å². The molecule has 1 rings (SSSR count). The Balaban J connectivity index is 2.76. The van der Waals surface area contributed by atoms with Gasteiger partial charge in [0.2, 0.25) is 0 Å². The molecule has 0 saturated heterocycles. The van der Waals surface area contributed by atoms with Gasteiger partial charge in [-0.15, -0.1) is 18.2 Å². The highest BCUT2D eigenvalue weighted by atomic mass is 35.5. The van der Waals surface area contributed by atoms with Crippen molar-refractivity contribution in [1.29, 1.82) is 0 Å². The lowest BCUT2D eigenvalue weighted by atomic mass is 10.1. The zero-order chi connectivity index (χ0) is 13.4. The average Bonchev–Trinajstić information content (AvgIpc) is 2.43. The van der Waals surface area contributed by atoms with Gasteiger partial charge in [0.15, 0.2) is 0 Å². The highest BCUT2D eigenvalue weighted by molar-refractivity contribution is 6.17. The number of alkyl halides is 1. The summed E-state index contributed by atoms with van der Waals surface area (Å²) in [6.07, 6.45) is 1.71. The molecule has 0 spiro atoms. The molecule has 1 aromatic carbocycles. The Labute approximate surface area is 113 Å². The van der Waals surface area contributed by atoms with Crippen molar-refractivity contribution < 1.29 is 9.53 Å². The molecule has 0 aliphatic carbocycles. The van der Waals surface area contributed by atoms with Gasteiger partial charge in [0.1, 0.15) is 0 Å². The highest BCUT2D eigenvalue weighted by Gasteiger charge is 2.13. The Kier molecular flexibility index (Phi) is 6.47. The molecular weight excluding hydrogens is 250 g/mol. The van der Waals surface area contributed by atoms with Crippen LogP contribution in [0.3, 0.4) is 0 Å². The molecule has 1 amide bonds. The largest absolute Gasteiger partial charge is 0.383 e. The predicted molar refractivity (Wildman–Crippen MR) is 74.0 cm³/mol. The van der Waals surface area contributed by atoms with Gasteiger partial charge >= 0.3 is 0 Å². The molecule has 98 valence electrons. The van der Waals surface area contributed by atoms with E-state index in [0.29, 0.717) is 31.1 Å². The van der Waals surface area contributed by atoms with E-state index in [2.05, 4.69) is 6.58 Å². The first kappa shape index (κ1) is 14.7. The number of methoxy groups -OCH3 is 1. The first-order valence-electron chi connectivity index (χ1n) is 5.77. The van der Waals surface area contributed by atoms with Gasteiger partial charge in [-0.2, -0.15) is 0 Å². The molecule has 1 aromatic rings. The first-order chi connectivity index (χ1) is 8.72. The normalized spacial score (nSPS) is 10.1. The Hall–Kier alpha value is -1.32. The SMILES string of the molecule is C=CCN(CCOC)C(=O)c1ccc(CCl)cc1. The van der Waals surface area contributed by atoms with Crippen molar-refractivity contribution in [2.24, 2.45) is 0 Å². The fraction of sp³-hybridized carbons (Fsp3) is 0.357. The minimum atomic E-state index is -0.0203. The number of hydrogen-bond acceptors (Lipinski definition) is 2. The van der Waals surface area contributed by atoms with Gasteiger partial charge in [-0.25, -0.2) is 0 Å². The zero-order valence-electron chi connectivity index (χ0n) is 10.6. The molecule has 4 heteroatoms. The number of hydrogen-bond donors (Lipinski definition) is 0. The van der Waals surface area contributed by atoms with Crippen LogP contribution in [0.25, 0.3) is 0 Å². The number of nitrogens with zero attached hydrogens (tertiary/aromatic N) is 1. The van der Waals surface area contributed by atoms with Gasteiger partial charge in [0, 0.05) is 31.6 Å². The van der Waals surface area contributed by atoms with Crippen LogP contribution in [0.4, 0.5) is 0 Å². The summed E-state index contributed by atoms with van der Waals surface area (Å²) in [5.41, 5.74) is 1.65. The van der Waals surface area contributed by atoms with Crippen LogP contribution in [-0.2, 0) is 10.6 Å². The Morgan fingerprint density at radius 1 is 1.44 bits per heavy atom. The topological polar surface area (TPSA) is 29.5 Å². The molecule has 0 bridgehead atoms. The van der Waals surface area contributed by atoms with Gasteiger partial charge in [0.05, 0.1) is 6.61 Å². The Bertz CT molecular complexity index is 389. The molecule has 0 fully saturated rings. The number of carbonyl (C=O) groups excluding carboxylic acids is 1. The molecule has 0 saturated carbocycles. The number of rotatable bonds is 7. The van der Waals surface area contributed by atoms with E-state index in [4.69, 9.17) is 16.3 Å². The number of halogens is 1. The number of carbonyl (C=O) groups is 1. The van der Waals surface area contributed by atoms with Crippen molar-refractivity contribution in [3.8, 4) is 0 Å². The van der Waals surface area contributed by atoms with Gasteiger partial charge in [-0.1, -0.05) is 18.2 Å². The molecule has 0 N–H and O–H groups in total. The lowest BCUT2D eigenvalue weighted by molar-refractivity contribution is 0.0718. The van der Waals surface area contributed by atoms with Gasteiger partial charge in [-0.3, -0.25) is 4.79 Å². The summed E-state index contributed by atoms with van der Waals surface area (Å²) in [5.74, 6) is 0.433. The summed E-state index contributed by atoms with van der Waals surface area (Å²) in [7, 11) is 1.62. The number of amides is 1. The molecule has 0 aromatic heterocycles. The molecular formula is C14H18ClNO2. The standard InChI is InChI=1S/C14H18ClNO2/c1-3-8-16(9-10-18-2)14(17)13-6-4-12(11-15)5-7-13/h3-7H,1,8-11H2,2H3. The Morgan fingerprint density at radius 3 is 2.61 bits per heavy atom. The molecule has 18 heavy (non-hydrogen) atoms. The van der Waals surface area contributed by atoms with Crippen LogP contribution in [-0.4, -0.2) is 37.6 Å². The van der Waals surface area contributed by atoms with Crippen LogP contribution in [0.15, 0.2) is 36.9 Å². The maximum absolute atomic E-state index is 12.2. The molecule has 0 radical (unpaired) electrons. The van der Waals surface area contributed by atoms with E-state index in [0.717, 1.165) is 5.56 Å². The van der Waals surface area contributed by atoms with E-state index in [9.17, 15) is 4.79 Å². The van der Waals surface area contributed by atoms with Crippen LogP contribution in [0.2, 0.25) is 0 Å². The summed E-state index contributed by atoms with van der Waals surface area (Å²) < 4.78 is 5.00. The predicted octanol–water partition coefficient (Wildman–Crippen LogP) is 2.70. The van der Waals surface area contributed by atoms with Crippen molar-refractivity contribution >= 4 is 17.5 Å². The quantitative estimate of drug-likeness (QED) is 0.562. The van der Waals surface area contributed by atoms with Crippen molar-refractivity contribution in [2.75, 3.05) is 26.8 Å². The third-order valence-corrected chi connectivity index (χ3v) is 2.87. The molecule has 3 nitrogen and oxygen atoms in total. The van der Waals surface area contributed by atoms with Crippen LogP contribution in [0.5, 0.6) is 0 Å². The second-order valence-corrected chi connectivity index (χ2v) is 4.13. The number of benzene rings is 1. The maximum atomic E-state index is 12.2. The highest BCUT2D eigenvalue weighted by Crippen LogP contribution is 2.09. The number of ether oxygens (including phenoxy) is 1. The zero-order valence-corrected chi connectivity index (χ0v) is 11.3. The summed E-state index contributed by atoms with van der Waals surface area (Å²) >= 11 is 5.71. The van der Waals surface area contributed by atoms with Crippen molar-refractivity contribution in [3.05, 3.63) is 48.0 Å². The van der Waals surface area contributed by atoms with Crippen molar-refractivity contribution in [2.45, 2.75) is 5.88 Å². The van der Waals surface area contributed by atoms with Crippen molar-refractivity contribution in [3.63, 3.8) is 0 Å². The molecule has 0 atom stereocenters. The maximum Gasteiger partial charge on any atom is 0.254 e. The lowest BCUT2D eigenvalue weighted by Gasteiger charge is -2.20. The molecule has 0 aliphatic heterocycles. The van der Waals surface area contributed by atoms with E-state index in [1.54, 1.807) is 30.2 Å². The molecule has 0 unspecified atom stereocenters. The smallest absolute Gasteiger partial charge is 0.254 e. The van der Waals surface area contributed by atoms with E-state index < -0.39 is 0 Å². The summed E-state index contributed by atoms with van der Waals surface area (Å²) in [6, 6.07) is 7.32. The second kappa shape index (κ2) is 7.90. The fourth-order valence-corrected chi connectivity index (χ4v) is 1.73. The molecule has 0 heterocycles. The van der Waals surface area contributed by atoms with Gasteiger partial charge < -0.3 is 9.64 Å². The molecule has 0 aliphatic rings. The monoisotopic (exact) mass is 267 g/mol. The fourth-order valence-electron chi connectivity index (χ4n) is 1.55. The third-order valence-electron chi connectivity index (χ3n) is 2.56. The third kappa shape index (κ3) is 4.17. The van der Waals surface area contributed by atoms with Crippen molar-refractivity contribution in [1.82, 2.24) is 4.90 Å². The van der Waals surface area contributed by atoms with Crippen LogP contribution in [0.1, 0.15) is 15.9 Å². The van der Waals surface area contributed by atoms with Crippen LogP contribution >= 0.6 is 11.6 Å². The van der Waals surface area contributed by atoms with E-state index >= 15 is 0 Å². The summed E-state index contributed by atoms with van der Waals surface area (Å²) in [4.78, 5) is 13.9. The Morgan fingerprint density at radius 2 is 2.11 bits per heavy atom. The summed E-state index contributed by atoms with van der Waals surface area (Å²) in [5, 5.41) is 0. The van der Waals surface area contributed by atoms with E-state index in [-0.39, 0.29) is 5.91 Å². The minimum Gasteiger partial charge on any atom is -0.383 e. The lowest BCUT2D eigenvalue weighted by Crippen LogP contribution is -2.34. The van der Waals surface area contributed by atoms with E-state index in [1.165, 1.54) is 0 Å².